The summed E-state index contributed by atoms with van der Waals surface area (Å²) in [6.07, 6.45) is 0. The van der Waals surface area contributed by atoms with Crippen LogP contribution in [-0.2, 0) is 23.1 Å². The summed E-state index contributed by atoms with van der Waals surface area (Å²) in [5.41, 5.74) is 2.39. The molecule has 110 valence electrons. The average Bonchev–Trinajstić information content (AvgIpc) is 2.98. The van der Waals surface area contributed by atoms with Crippen LogP contribution in [0, 0.1) is 6.92 Å². The van der Waals surface area contributed by atoms with Crippen LogP contribution in [0.5, 0.6) is 0 Å². The van der Waals surface area contributed by atoms with Gasteiger partial charge in [0.25, 0.3) is 0 Å². The van der Waals surface area contributed by atoms with E-state index in [0.717, 1.165) is 22.5 Å². The molecule has 5 nitrogen and oxygen atoms in total. The smallest absolute Gasteiger partial charge is 0.346 e. The van der Waals surface area contributed by atoms with E-state index in [9.17, 15) is 13.2 Å². The van der Waals surface area contributed by atoms with Crippen LogP contribution in [0.3, 0.4) is 0 Å². The van der Waals surface area contributed by atoms with Crippen LogP contribution < -0.4 is 0 Å². The van der Waals surface area contributed by atoms with Crippen LogP contribution >= 0.6 is 11.3 Å². The van der Waals surface area contributed by atoms with Crippen LogP contribution in [0.4, 0.5) is 0 Å². The molecule has 0 radical (unpaired) electrons. The van der Waals surface area contributed by atoms with Crippen LogP contribution in [0.15, 0.2) is 34.5 Å². The standard InChI is InChI=1S/C14H13NO4S2/c1-9-2-4-11(5-3-9)21(18,19)15-6-10-8-20-13(14(16)17)12(10)7-15/h2-5,8H,6-7H2,1H3,(H,16,17). The molecule has 0 amide bonds. The first-order valence-electron chi connectivity index (χ1n) is 6.29. The molecule has 0 fully saturated rings. The van der Waals surface area contributed by atoms with Gasteiger partial charge in [-0.15, -0.1) is 11.3 Å². The van der Waals surface area contributed by atoms with Crippen LogP contribution in [0.1, 0.15) is 26.4 Å². The summed E-state index contributed by atoms with van der Waals surface area (Å²) in [7, 11) is -3.59. The van der Waals surface area contributed by atoms with Gasteiger partial charge in [0.2, 0.25) is 10.0 Å². The maximum Gasteiger partial charge on any atom is 0.346 e. The Morgan fingerprint density at radius 2 is 1.90 bits per heavy atom. The Labute approximate surface area is 126 Å². The molecule has 1 aromatic heterocycles. The Balaban J connectivity index is 1.93. The minimum Gasteiger partial charge on any atom is -0.477 e. The third-order valence-electron chi connectivity index (χ3n) is 3.51. The molecule has 2 heterocycles. The lowest BCUT2D eigenvalue weighted by Crippen LogP contribution is -2.26. The number of hydrogen-bond acceptors (Lipinski definition) is 4. The summed E-state index contributed by atoms with van der Waals surface area (Å²) >= 11 is 1.15. The maximum atomic E-state index is 12.6. The van der Waals surface area contributed by atoms with E-state index < -0.39 is 16.0 Å². The number of fused-ring (bicyclic) bond motifs is 1. The predicted molar refractivity (Wildman–Crippen MR) is 78.9 cm³/mol. The second-order valence-electron chi connectivity index (χ2n) is 4.96. The van der Waals surface area contributed by atoms with Gasteiger partial charge in [-0.1, -0.05) is 17.7 Å². The molecule has 0 unspecified atom stereocenters. The van der Waals surface area contributed by atoms with E-state index in [4.69, 9.17) is 5.11 Å². The Morgan fingerprint density at radius 3 is 2.52 bits per heavy atom. The van der Waals surface area contributed by atoms with Crippen molar-refractivity contribution >= 4 is 27.3 Å². The van der Waals surface area contributed by atoms with Crippen molar-refractivity contribution in [2.45, 2.75) is 24.9 Å². The van der Waals surface area contributed by atoms with Crippen LogP contribution in [-0.4, -0.2) is 23.8 Å². The summed E-state index contributed by atoms with van der Waals surface area (Å²) < 4.78 is 26.5. The summed E-state index contributed by atoms with van der Waals surface area (Å²) in [5, 5.41) is 10.8. The highest BCUT2D eigenvalue weighted by atomic mass is 32.2. The molecule has 0 saturated heterocycles. The largest absolute Gasteiger partial charge is 0.477 e. The maximum absolute atomic E-state index is 12.6. The van der Waals surface area contributed by atoms with Crippen molar-refractivity contribution in [3.8, 4) is 0 Å². The molecule has 21 heavy (non-hydrogen) atoms. The van der Waals surface area contributed by atoms with Gasteiger partial charge in [0.1, 0.15) is 4.88 Å². The SMILES string of the molecule is Cc1ccc(S(=O)(=O)N2Cc3csc(C(=O)O)c3C2)cc1. The highest BCUT2D eigenvalue weighted by Gasteiger charge is 2.34. The Hall–Kier alpha value is -1.70. The molecule has 1 aromatic carbocycles. The second kappa shape index (κ2) is 4.94. The molecular weight excluding hydrogens is 310 g/mol. The fourth-order valence-electron chi connectivity index (χ4n) is 2.36. The quantitative estimate of drug-likeness (QED) is 0.941. The fourth-order valence-corrected chi connectivity index (χ4v) is 4.66. The fraction of sp³-hybridized carbons (Fsp3) is 0.214. The van der Waals surface area contributed by atoms with Gasteiger partial charge in [-0.3, -0.25) is 0 Å². The van der Waals surface area contributed by atoms with Crippen molar-refractivity contribution in [1.82, 2.24) is 4.31 Å². The van der Waals surface area contributed by atoms with E-state index in [2.05, 4.69) is 0 Å². The summed E-state index contributed by atoms with van der Waals surface area (Å²) in [6, 6.07) is 6.66. The minimum atomic E-state index is -3.59. The first-order valence-corrected chi connectivity index (χ1v) is 8.61. The highest BCUT2D eigenvalue weighted by molar-refractivity contribution is 7.89. The topological polar surface area (TPSA) is 74.7 Å². The van der Waals surface area contributed by atoms with Crippen molar-refractivity contribution in [2.24, 2.45) is 0 Å². The van der Waals surface area contributed by atoms with E-state index in [1.165, 1.54) is 4.31 Å². The van der Waals surface area contributed by atoms with Gasteiger partial charge in [-0.2, -0.15) is 4.31 Å². The zero-order valence-electron chi connectivity index (χ0n) is 11.2. The third kappa shape index (κ3) is 2.37. The van der Waals surface area contributed by atoms with Crippen molar-refractivity contribution in [3.05, 3.63) is 51.2 Å². The van der Waals surface area contributed by atoms with Gasteiger partial charge in [0, 0.05) is 13.1 Å². The van der Waals surface area contributed by atoms with Crippen molar-refractivity contribution in [3.63, 3.8) is 0 Å². The molecular formula is C14H13NO4S2. The number of hydrogen-bond donors (Lipinski definition) is 1. The Bertz CT molecular complexity index is 806. The highest BCUT2D eigenvalue weighted by Crippen LogP contribution is 2.34. The van der Waals surface area contributed by atoms with Gasteiger partial charge in [-0.25, -0.2) is 13.2 Å². The third-order valence-corrected chi connectivity index (χ3v) is 6.38. The van der Waals surface area contributed by atoms with E-state index in [1.807, 2.05) is 6.92 Å². The lowest BCUT2D eigenvalue weighted by Gasteiger charge is -2.16. The van der Waals surface area contributed by atoms with Crippen molar-refractivity contribution < 1.29 is 18.3 Å². The lowest BCUT2D eigenvalue weighted by molar-refractivity contribution is 0.0701. The molecule has 3 rings (SSSR count). The van der Waals surface area contributed by atoms with Gasteiger partial charge in [0.15, 0.2) is 0 Å². The number of aryl methyl sites for hydroxylation is 1. The molecule has 0 aliphatic carbocycles. The number of rotatable bonds is 3. The number of aromatic carboxylic acids is 1. The number of carboxylic acid groups (broad SMARTS) is 1. The molecule has 0 bridgehead atoms. The molecule has 1 aliphatic heterocycles. The molecule has 7 heteroatoms. The molecule has 0 saturated carbocycles. The number of sulfonamides is 1. The summed E-state index contributed by atoms with van der Waals surface area (Å²) in [4.78, 5) is 11.6. The first-order chi connectivity index (χ1) is 9.89. The molecule has 0 spiro atoms. The van der Waals surface area contributed by atoms with Crippen LogP contribution in [0.25, 0.3) is 0 Å². The first kappa shape index (κ1) is 14.2. The zero-order chi connectivity index (χ0) is 15.2. The lowest BCUT2D eigenvalue weighted by atomic mass is 10.2. The second-order valence-corrected chi connectivity index (χ2v) is 7.78. The van der Waals surface area contributed by atoms with E-state index >= 15 is 0 Å². The van der Waals surface area contributed by atoms with Gasteiger partial charge < -0.3 is 5.11 Å². The number of carbonyl (C=O) groups is 1. The monoisotopic (exact) mass is 323 g/mol. The van der Waals surface area contributed by atoms with E-state index in [0.29, 0.717) is 5.56 Å². The summed E-state index contributed by atoms with van der Waals surface area (Å²) in [6.45, 7) is 2.24. The number of carboxylic acids is 1. The Kier molecular flexibility index (Phi) is 3.35. The summed E-state index contributed by atoms with van der Waals surface area (Å²) in [5.74, 6) is -1.00. The van der Waals surface area contributed by atoms with Crippen LogP contribution in [0.2, 0.25) is 0 Å². The molecule has 1 aliphatic rings. The zero-order valence-corrected chi connectivity index (χ0v) is 12.9. The predicted octanol–water partition coefficient (Wildman–Crippen LogP) is 2.46. The van der Waals surface area contributed by atoms with Crippen molar-refractivity contribution in [2.75, 3.05) is 0 Å². The minimum absolute atomic E-state index is 0.122. The Morgan fingerprint density at radius 1 is 1.24 bits per heavy atom. The van der Waals surface area contributed by atoms with Gasteiger partial charge >= 0.3 is 5.97 Å². The molecule has 2 aromatic rings. The number of thiophene rings is 1. The van der Waals surface area contributed by atoms with Gasteiger partial charge in [-0.05, 0) is 35.6 Å². The molecule has 0 atom stereocenters. The number of benzene rings is 1. The van der Waals surface area contributed by atoms with Crippen molar-refractivity contribution in [1.29, 1.82) is 0 Å². The number of nitrogens with zero attached hydrogens (tertiary/aromatic N) is 1. The van der Waals surface area contributed by atoms with E-state index in [1.54, 1.807) is 29.6 Å². The van der Waals surface area contributed by atoms with E-state index in [-0.39, 0.29) is 22.9 Å². The molecule has 1 N–H and O–H groups in total. The normalized spacial score (nSPS) is 15.1. The van der Waals surface area contributed by atoms with Gasteiger partial charge in [0.05, 0.1) is 4.90 Å². The average molecular weight is 323 g/mol.